The fraction of sp³-hybridized carbons (Fsp3) is 0. The third-order valence-corrected chi connectivity index (χ3v) is 2.08. The third kappa shape index (κ3) is 2.12. The molecule has 0 unspecified atom stereocenters. The van der Waals surface area contributed by atoms with Crippen molar-refractivity contribution in [1.29, 1.82) is 0 Å². The number of carbonyl (C=O) groups is 2. The fourth-order valence-corrected chi connectivity index (χ4v) is 1.23. The molecule has 17 heavy (non-hydrogen) atoms. The number of primary amides is 1. The molecule has 0 atom stereocenters. The summed E-state index contributed by atoms with van der Waals surface area (Å²) < 4.78 is 1.30. The van der Waals surface area contributed by atoms with Crippen LogP contribution in [0.5, 0.6) is 0 Å². The Balaban J connectivity index is 2.33. The highest BCUT2D eigenvalue weighted by atomic mass is 16.4. The Morgan fingerprint density at radius 2 is 2.06 bits per heavy atom. The molecule has 0 fully saturated rings. The maximum atomic E-state index is 10.8. The predicted molar refractivity (Wildman–Crippen MR) is 56.8 cm³/mol. The van der Waals surface area contributed by atoms with Crippen LogP contribution in [0.4, 0.5) is 0 Å². The van der Waals surface area contributed by atoms with E-state index in [1.54, 1.807) is 0 Å². The second-order valence-corrected chi connectivity index (χ2v) is 3.22. The minimum atomic E-state index is -1.11. The van der Waals surface area contributed by atoms with E-state index in [0.717, 1.165) is 0 Å². The van der Waals surface area contributed by atoms with Crippen LogP contribution >= 0.6 is 0 Å². The lowest BCUT2D eigenvalue weighted by atomic mass is 10.3. The molecule has 0 radical (unpaired) electrons. The summed E-state index contributed by atoms with van der Waals surface area (Å²) in [5.41, 5.74) is 5.27. The molecule has 0 bridgehead atoms. The molecule has 0 spiro atoms. The molecule has 0 aliphatic carbocycles. The Kier molecular flexibility index (Phi) is 2.57. The van der Waals surface area contributed by atoms with Gasteiger partial charge in [0.15, 0.2) is 11.5 Å². The topological polar surface area (TPSA) is 111 Å². The number of carbonyl (C=O) groups excluding carboxylic acids is 1. The molecule has 3 N–H and O–H groups in total. The molecule has 2 heterocycles. The maximum Gasteiger partial charge on any atom is 0.356 e. The molecular weight excluding hydrogens is 224 g/mol. The molecule has 2 aromatic rings. The number of carboxylic acid groups (broad SMARTS) is 1. The average Bonchev–Trinajstić information content (AvgIpc) is 2.78. The number of hydrogen-bond acceptors (Lipinski definition) is 4. The van der Waals surface area contributed by atoms with Crippen LogP contribution in [0.1, 0.15) is 20.8 Å². The number of nitrogens with two attached hydrogens (primary N) is 1. The number of carboxylic acids is 1. The molecule has 7 nitrogen and oxygen atoms in total. The van der Waals surface area contributed by atoms with Crippen molar-refractivity contribution in [3.63, 3.8) is 0 Å². The van der Waals surface area contributed by atoms with Gasteiger partial charge in [0.2, 0.25) is 5.91 Å². The minimum absolute atomic E-state index is 0.0780. The standard InChI is InChI=1S/C10H8N4O3/c11-9(15)6-1-2-8(12-5-6)14-4-3-7(13-14)10(16)17/h1-5H,(H2,11,15)(H,16,17). The van der Waals surface area contributed by atoms with Crippen LogP contribution in [-0.4, -0.2) is 31.7 Å². The van der Waals surface area contributed by atoms with E-state index in [2.05, 4.69) is 10.1 Å². The summed E-state index contributed by atoms with van der Waals surface area (Å²) in [6, 6.07) is 4.37. The second kappa shape index (κ2) is 4.05. The third-order valence-electron chi connectivity index (χ3n) is 2.08. The van der Waals surface area contributed by atoms with E-state index in [-0.39, 0.29) is 11.3 Å². The van der Waals surface area contributed by atoms with Crippen molar-refractivity contribution in [2.24, 2.45) is 5.73 Å². The van der Waals surface area contributed by atoms with Gasteiger partial charge in [-0.15, -0.1) is 0 Å². The number of pyridine rings is 1. The van der Waals surface area contributed by atoms with E-state index in [9.17, 15) is 9.59 Å². The van der Waals surface area contributed by atoms with Gasteiger partial charge in [-0.25, -0.2) is 14.5 Å². The first kappa shape index (κ1) is 10.8. The highest BCUT2D eigenvalue weighted by molar-refractivity contribution is 5.92. The van der Waals surface area contributed by atoms with E-state index in [1.807, 2.05) is 0 Å². The molecule has 2 rings (SSSR count). The molecule has 0 aliphatic rings. The van der Waals surface area contributed by atoms with Crippen molar-refractivity contribution in [2.75, 3.05) is 0 Å². The molecule has 0 saturated carbocycles. The van der Waals surface area contributed by atoms with Crippen molar-refractivity contribution in [3.8, 4) is 5.82 Å². The van der Waals surface area contributed by atoms with E-state index < -0.39 is 11.9 Å². The van der Waals surface area contributed by atoms with E-state index in [0.29, 0.717) is 5.82 Å². The summed E-state index contributed by atoms with van der Waals surface area (Å²) in [6.45, 7) is 0. The molecule has 0 aliphatic heterocycles. The van der Waals surface area contributed by atoms with Gasteiger partial charge in [-0.1, -0.05) is 0 Å². The van der Waals surface area contributed by atoms with E-state index >= 15 is 0 Å². The Labute approximate surface area is 95.5 Å². The SMILES string of the molecule is NC(=O)c1ccc(-n2ccc(C(=O)O)n2)nc1. The number of nitrogens with zero attached hydrogens (tertiary/aromatic N) is 3. The molecule has 7 heteroatoms. The summed E-state index contributed by atoms with van der Waals surface area (Å²) in [5, 5.41) is 12.5. The Morgan fingerprint density at radius 1 is 1.29 bits per heavy atom. The highest BCUT2D eigenvalue weighted by Gasteiger charge is 2.08. The lowest BCUT2D eigenvalue weighted by Crippen LogP contribution is -2.11. The molecule has 0 aromatic carbocycles. The largest absolute Gasteiger partial charge is 0.476 e. The summed E-state index contributed by atoms with van der Waals surface area (Å²) in [4.78, 5) is 25.4. The average molecular weight is 232 g/mol. The van der Waals surface area contributed by atoms with Crippen molar-refractivity contribution in [3.05, 3.63) is 41.9 Å². The lowest BCUT2D eigenvalue weighted by molar-refractivity contribution is 0.0689. The Morgan fingerprint density at radius 3 is 2.53 bits per heavy atom. The van der Waals surface area contributed by atoms with Crippen LogP contribution in [0, 0.1) is 0 Å². The van der Waals surface area contributed by atoms with Crippen LogP contribution in [0.15, 0.2) is 30.6 Å². The minimum Gasteiger partial charge on any atom is -0.476 e. The second-order valence-electron chi connectivity index (χ2n) is 3.22. The zero-order chi connectivity index (χ0) is 12.4. The van der Waals surface area contributed by atoms with Crippen LogP contribution in [0.25, 0.3) is 5.82 Å². The highest BCUT2D eigenvalue weighted by Crippen LogP contribution is 2.06. The number of amides is 1. The van der Waals surface area contributed by atoms with Gasteiger partial charge in [0.1, 0.15) is 0 Å². The molecular formula is C10H8N4O3. The van der Waals surface area contributed by atoms with Crippen LogP contribution in [-0.2, 0) is 0 Å². The first-order chi connectivity index (χ1) is 8.08. The summed E-state index contributed by atoms with van der Waals surface area (Å²) in [6.07, 6.45) is 2.77. The first-order valence-corrected chi connectivity index (χ1v) is 4.63. The molecule has 0 saturated heterocycles. The molecule has 86 valence electrons. The zero-order valence-electron chi connectivity index (χ0n) is 8.57. The van der Waals surface area contributed by atoms with E-state index in [1.165, 1.54) is 35.3 Å². The normalized spacial score (nSPS) is 10.1. The molecule has 2 aromatic heterocycles. The molecule has 1 amide bonds. The quantitative estimate of drug-likeness (QED) is 0.777. The number of aromatic carboxylic acids is 1. The number of aromatic nitrogens is 3. The van der Waals surface area contributed by atoms with Crippen LogP contribution in [0.2, 0.25) is 0 Å². The van der Waals surface area contributed by atoms with Gasteiger partial charge >= 0.3 is 5.97 Å². The smallest absolute Gasteiger partial charge is 0.356 e. The number of rotatable bonds is 3. The van der Waals surface area contributed by atoms with Gasteiger partial charge in [-0.3, -0.25) is 4.79 Å². The van der Waals surface area contributed by atoms with Gasteiger partial charge in [-0.2, -0.15) is 5.10 Å². The summed E-state index contributed by atoms with van der Waals surface area (Å²) in [7, 11) is 0. The van der Waals surface area contributed by atoms with E-state index in [4.69, 9.17) is 10.8 Å². The zero-order valence-corrected chi connectivity index (χ0v) is 8.57. The summed E-state index contributed by atoms with van der Waals surface area (Å²) in [5.74, 6) is -1.28. The fourth-order valence-electron chi connectivity index (χ4n) is 1.23. The maximum absolute atomic E-state index is 10.8. The van der Waals surface area contributed by atoms with Crippen molar-refractivity contribution >= 4 is 11.9 Å². The Bertz CT molecular complexity index is 573. The monoisotopic (exact) mass is 232 g/mol. The van der Waals surface area contributed by atoms with Gasteiger partial charge < -0.3 is 10.8 Å². The van der Waals surface area contributed by atoms with Crippen molar-refractivity contribution in [2.45, 2.75) is 0 Å². The Hall–Kier alpha value is -2.70. The van der Waals surface area contributed by atoms with Crippen molar-refractivity contribution in [1.82, 2.24) is 14.8 Å². The van der Waals surface area contributed by atoms with Crippen LogP contribution in [0.3, 0.4) is 0 Å². The van der Waals surface area contributed by atoms with Crippen molar-refractivity contribution < 1.29 is 14.7 Å². The van der Waals surface area contributed by atoms with Gasteiger partial charge in [0.25, 0.3) is 0 Å². The van der Waals surface area contributed by atoms with Gasteiger partial charge in [-0.05, 0) is 18.2 Å². The van der Waals surface area contributed by atoms with Gasteiger partial charge in [0.05, 0.1) is 5.56 Å². The number of hydrogen-bond donors (Lipinski definition) is 2. The van der Waals surface area contributed by atoms with Crippen LogP contribution < -0.4 is 5.73 Å². The van der Waals surface area contributed by atoms with Gasteiger partial charge in [0, 0.05) is 12.4 Å². The summed E-state index contributed by atoms with van der Waals surface area (Å²) >= 11 is 0. The lowest BCUT2D eigenvalue weighted by Gasteiger charge is -2.00. The predicted octanol–water partition coefficient (Wildman–Crippen LogP) is 0.0644. The first-order valence-electron chi connectivity index (χ1n) is 4.63.